The number of hydrogen-bond acceptors (Lipinski definition) is 5. The van der Waals surface area contributed by atoms with Crippen LogP contribution >= 0.6 is 11.6 Å². The van der Waals surface area contributed by atoms with E-state index in [2.05, 4.69) is 5.32 Å². The molecule has 0 unspecified atom stereocenters. The molecule has 0 aliphatic carbocycles. The summed E-state index contributed by atoms with van der Waals surface area (Å²) < 4.78 is 10.2. The van der Waals surface area contributed by atoms with Crippen molar-refractivity contribution in [1.82, 2.24) is 4.90 Å². The molecule has 0 aliphatic rings. The number of likely N-dealkylation sites (N-methyl/N-ethyl adjacent to an activating group) is 1. The standard InChI is InChI=1S/C21H23ClN2O5/c1-14-4-6-15(7-5-14)10-21(27)29-13-20(26)24(2)12-19(25)23-17-11-16(22)8-9-18(17)28-3/h4-9,11H,10,12-13H2,1-3H3,(H,23,25). The number of nitrogens with one attached hydrogen (secondary N) is 1. The molecule has 8 heteroatoms. The molecule has 0 heterocycles. The highest BCUT2D eigenvalue weighted by molar-refractivity contribution is 6.31. The summed E-state index contributed by atoms with van der Waals surface area (Å²) in [5.74, 6) is -0.992. The lowest BCUT2D eigenvalue weighted by molar-refractivity contribution is -0.151. The molecule has 0 aliphatic heterocycles. The maximum atomic E-state index is 12.2. The normalized spacial score (nSPS) is 10.2. The average molecular weight is 419 g/mol. The van der Waals surface area contributed by atoms with Gasteiger partial charge in [-0.3, -0.25) is 14.4 Å². The van der Waals surface area contributed by atoms with Crippen LogP contribution in [0.15, 0.2) is 42.5 Å². The minimum atomic E-state index is -0.510. The summed E-state index contributed by atoms with van der Waals surface area (Å²) in [5, 5.41) is 3.08. The third-order valence-electron chi connectivity index (χ3n) is 4.07. The van der Waals surface area contributed by atoms with Gasteiger partial charge < -0.3 is 19.7 Å². The van der Waals surface area contributed by atoms with Gasteiger partial charge in [-0.1, -0.05) is 41.4 Å². The molecule has 29 heavy (non-hydrogen) atoms. The van der Waals surface area contributed by atoms with Crippen LogP contribution in [0.4, 0.5) is 5.69 Å². The fraction of sp³-hybridized carbons (Fsp3) is 0.286. The van der Waals surface area contributed by atoms with Gasteiger partial charge in [-0.05, 0) is 30.7 Å². The molecule has 0 saturated heterocycles. The second kappa shape index (κ2) is 10.5. The largest absolute Gasteiger partial charge is 0.495 e. The molecule has 0 bridgehead atoms. The summed E-state index contributed by atoms with van der Waals surface area (Å²) in [6.07, 6.45) is 0.0757. The number of carbonyl (C=O) groups excluding carboxylic acids is 3. The topological polar surface area (TPSA) is 84.9 Å². The Morgan fingerprint density at radius 3 is 2.45 bits per heavy atom. The van der Waals surface area contributed by atoms with Gasteiger partial charge in [0.25, 0.3) is 5.91 Å². The molecule has 2 rings (SSSR count). The quantitative estimate of drug-likeness (QED) is 0.666. The van der Waals surface area contributed by atoms with E-state index in [-0.39, 0.29) is 13.0 Å². The van der Waals surface area contributed by atoms with Gasteiger partial charge >= 0.3 is 5.97 Å². The van der Waals surface area contributed by atoms with Crippen LogP contribution in [-0.4, -0.2) is 50.0 Å². The first-order chi connectivity index (χ1) is 13.8. The fourth-order valence-corrected chi connectivity index (χ4v) is 2.62. The Labute approximate surface area is 174 Å². The smallest absolute Gasteiger partial charge is 0.310 e. The monoisotopic (exact) mass is 418 g/mol. The number of benzene rings is 2. The van der Waals surface area contributed by atoms with E-state index in [9.17, 15) is 14.4 Å². The summed E-state index contributed by atoms with van der Waals surface area (Å²) in [7, 11) is 2.92. The summed E-state index contributed by atoms with van der Waals surface area (Å²) in [6, 6.07) is 12.3. The van der Waals surface area contributed by atoms with E-state index in [1.807, 2.05) is 31.2 Å². The van der Waals surface area contributed by atoms with Crippen molar-refractivity contribution in [3.63, 3.8) is 0 Å². The highest BCUT2D eigenvalue weighted by Crippen LogP contribution is 2.27. The highest BCUT2D eigenvalue weighted by Gasteiger charge is 2.16. The number of anilines is 1. The number of halogens is 1. The number of carbonyl (C=O) groups is 3. The van der Waals surface area contributed by atoms with Gasteiger partial charge in [0, 0.05) is 12.1 Å². The number of hydrogen-bond donors (Lipinski definition) is 1. The van der Waals surface area contributed by atoms with E-state index in [1.54, 1.807) is 18.2 Å². The third-order valence-corrected chi connectivity index (χ3v) is 4.30. The maximum absolute atomic E-state index is 12.2. The van der Waals surface area contributed by atoms with Gasteiger partial charge in [0.05, 0.1) is 25.8 Å². The van der Waals surface area contributed by atoms with Crippen LogP contribution in [0.2, 0.25) is 5.02 Å². The highest BCUT2D eigenvalue weighted by atomic mass is 35.5. The van der Waals surface area contributed by atoms with Crippen molar-refractivity contribution in [1.29, 1.82) is 0 Å². The van der Waals surface area contributed by atoms with Crippen LogP contribution in [-0.2, 0) is 25.5 Å². The lowest BCUT2D eigenvalue weighted by Gasteiger charge is -2.17. The second-order valence-electron chi connectivity index (χ2n) is 6.47. The maximum Gasteiger partial charge on any atom is 0.310 e. The molecule has 7 nitrogen and oxygen atoms in total. The first-order valence-corrected chi connectivity index (χ1v) is 9.25. The van der Waals surface area contributed by atoms with Crippen LogP contribution < -0.4 is 10.1 Å². The van der Waals surface area contributed by atoms with Crippen molar-refractivity contribution in [2.45, 2.75) is 13.3 Å². The molecule has 0 spiro atoms. The summed E-state index contributed by atoms with van der Waals surface area (Å²) in [5.41, 5.74) is 2.29. The Morgan fingerprint density at radius 1 is 1.10 bits per heavy atom. The van der Waals surface area contributed by atoms with E-state index in [0.717, 1.165) is 11.1 Å². The predicted molar refractivity (Wildman–Crippen MR) is 110 cm³/mol. The number of rotatable bonds is 8. The molecular weight excluding hydrogens is 396 g/mol. The van der Waals surface area contributed by atoms with Gasteiger partial charge in [0.2, 0.25) is 5.91 Å². The molecule has 2 amide bonds. The molecule has 0 atom stereocenters. The number of nitrogens with zero attached hydrogens (tertiary/aromatic N) is 1. The number of aryl methyl sites for hydroxylation is 1. The van der Waals surface area contributed by atoms with Crippen molar-refractivity contribution in [3.8, 4) is 5.75 Å². The number of ether oxygens (including phenoxy) is 2. The van der Waals surface area contributed by atoms with Crippen molar-refractivity contribution < 1.29 is 23.9 Å². The van der Waals surface area contributed by atoms with E-state index in [4.69, 9.17) is 21.1 Å². The molecule has 0 saturated carbocycles. The first kappa shape index (κ1) is 22.2. The molecular formula is C21H23ClN2O5. The first-order valence-electron chi connectivity index (χ1n) is 8.87. The molecule has 0 fully saturated rings. The van der Waals surface area contributed by atoms with Gasteiger partial charge in [0.15, 0.2) is 6.61 Å². The third kappa shape index (κ3) is 7.12. The lowest BCUT2D eigenvalue weighted by atomic mass is 10.1. The van der Waals surface area contributed by atoms with Crippen molar-refractivity contribution >= 4 is 35.1 Å². The van der Waals surface area contributed by atoms with E-state index < -0.39 is 24.4 Å². The predicted octanol–water partition coefficient (Wildman–Crippen LogP) is 2.84. The Morgan fingerprint density at radius 2 is 1.79 bits per heavy atom. The average Bonchev–Trinajstić information content (AvgIpc) is 2.68. The minimum absolute atomic E-state index is 0.0757. The molecule has 1 N–H and O–H groups in total. The Bertz CT molecular complexity index is 883. The zero-order valence-electron chi connectivity index (χ0n) is 16.5. The van der Waals surface area contributed by atoms with E-state index in [1.165, 1.54) is 19.1 Å². The van der Waals surface area contributed by atoms with Gasteiger partial charge in [-0.25, -0.2) is 0 Å². The van der Waals surface area contributed by atoms with Crippen LogP contribution in [0, 0.1) is 6.92 Å². The second-order valence-corrected chi connectivity index (χ2v) is 6.90. The molecule has 2 aromatic rings. The summed E-state index contributed by atoms with van der Waals surface area (Å²) >= 11 is 5.93. The zero-order chi connectivity index (χ0) is 21.4. The van der Waals surface area contributed by atoms with Gasteiger partial charge in [-0.15, -0.1) is 0 Å². The van der Waals surface area contributed by atoms with E-state index in [0.29, 0.717) is 16.5 Å². The number of esters is 1. The molecule has 154 valence electrons. The van der Waals surface area contributed by atoms with Crippen molar-refractivity contribution in [2.24, 2.45) is 0 Å². The van der Waals surface area contributed by atoms with Crippen LogP contribution in [0.25, 0.3) is 0 Å². The Hall–Kier alpha value is -3.06. The lowest BCUT2D eigenvalue weighted by Crippen LogP contribution is -2.37. The SMILES string of the molecule is COc1ccc(Cl)cc1NC(=O)CN(C)C(=O)COC(=O)Cc1ccc(C)cc1. The molecule has 0 radical (unpaired) electrons. The van der Waals surface area contributed by atoms with Crippen LogP contribution in [0.3, 0.4) is 0 Å². The minimum Gasteiger partial charge on any atom is -0.495 e. The fourth-order valence-electron chi connectivity index (χ4n) is 2.45. The number of methoxy groups -OCH3 is 1. The summed E-state index contributed by atoms with van der Waals surface area (Å²) in [6.45, 7) is 1.30. The summed E-state index contributed by atoms with van der Waals surface area (Å²) in [4.78, 5) is 37.4. The Balaban J connectivity index is 1.80. The van der Waals surface area contributed by atoms with Crippen LogP contribution in [0.5, 0.6) is 5.75 Å². The van der Waals surface area contributed by atoms with Crippen molar-refractivity contribution in [3.05, 3.63) is 58.6 Å². The van der Waals surface area contributed by atoms with E-state index >= 15 is 0 Å². The molecule has 2 aromatic carbocycles. The van der Waals surface area contributed by atoms with Gasteiger partial charge in [0.1, 0.15) is 5.75 Å². The van der Waals surface area contributed by atoms with Crippen molar-refractivity contribution in [2.75, 3.05) is 32.6 Å². The van der Waals surface area contributed by atoms with Crippen LogP contribution in [0.1, 0.15) is 11.1 Å². The van der Waals surface area contributed by atoms with Gasteiger partial charge in [-0.2, -0.15) is 0 Å². The zero-order valence-corrected chi connectivity index (χ0v) is 17.3. The number of amides is 2. The Kier molecular flexibility index (Phi) is 8.03. The molecule has 0 aromatic heterocycles.